The lowest BCUT2D eigenvalue weighted by molar-refractivity contribution is 0.192. The van der Waals surface area contributed by atoms with Gasteiger partial charge in [-0.1, -0.05) is 6.07 Å². The van der Waals surface area contributed by atoms with E-state index >= 15 is 0 Å². The lowest BCUT2D eigenvalue weighted by atomic mass is 10.1. The molecule has 0 heterocycles. The summed E-state index contributed by atoms with van der Waals surface area (Å²) in [6.07, 6.45) is 5.59. The number of rotatable bonds is 7. The molecule has 2 rings (SSSR count). The molecule has 0 radical (unpaired) electrons. The van der Waals surface area contributed by atoms with Gasteiger partial charge in [0.2, 0.25) is 0 Å². The Morgan fingerprint density at radius 1 is 1.33 bits per heavy atom. The van der Waals surface area contributed by atoms with Crippen molar-refractivity contribution in [3.05, 3.63) is 35.1 Å². The minimum absolute atomic E-state index is 0.117. The molecule has 2 nitrogen and oxygen atoms in total. The molecule has 1 atom stereocenters. The summed E-state index contributed by atoms with van der Waals surface area (Å²) in [7, 11) is 1.74. The summed E-state index contributed by atoms with van der Waals surface area (Å²) in [5.74, 6) is -0.117. The first-order chi connectivity index (χ1) is 8.81. The zero-order chi connectivity index (χ0) is 12.8. The maximum absolute atomic E-state index is 13.1. The first kappa shape index (κ1) is 13.5. The molecule has 0 aliphatic heterocycles. The van der Waals surface area contributed by atoms with E-state index in [1.54, 1.807) is 19.2 Å². The number of hydrogen-bond acceptors (Lipinski definition) is 2. The fourth-order valence-electron chi connectivity index (χ4n) is 2.62. The van der Waals surface area contributed by atoms with Gasteiger partial charge in [0.1, 0.15) is 5.82 Å². The van der Waals surface area contributed by atoms with E-state index in [-0.39, 0.29) is 5.82 Å². The van der Waals surface area contributed by atoms with Gasteiger partial charge in [-0.3, -0.25) is 0 Å². The zero-order valence-electron chi connectivity index (χ0n) is 11.0. The number of halogens is 1. The van der Waals surface area contributed by atoms with Crippen LogP contribution in [-0.4, -0.2) is 20.3 Å². The van der Waals surface area contributed by atoms with E-state index < -0.39 is 0 Å². The van der Waals surface area contributed by atoms with Gasteiger partial charge in [-0.15, -0.1) is 0 Å². The van der Waals surface area contributed by atoms with E-state index in [0.717, 1.165) is 32.4 Å². The van der Waals surface area contributed by atoms with Crippen LogP contribution < -0.4 is 5.32 Å². The molecule has 1 unspecified atom stereocenters. The number of unbranched alkanes of at least 4 members (excludes halogenated alkanes) is 2. The van der Waals surface area contributed by atoms with Gasteiger partial charge < -0.3 is 10.1 Å². The summed E-state index contributed by atoms with van der Waals surface area (Å²) < 4.78 is 18.1. The molecule has 0 saturated heterocycles. The van der Waals surface area contributed by atoms with Crippen LogP contribution in [0, 0.1) is 5.82 Å². The number of benzene rings is 1. The van der Waals surface area contributed by atoms with Gasteiger partial charge in [0.15, 0.2) is 0 Å². The van der Waals surface area contributed by atoms with E-state index in [4.69, 9.17) is 4.74 Å². The van der Waals surface area contributed by atoms with Gasteiger partial charge in [0.05, 0.1) is 0 Å². The Kier molecular flexibility index (Phi) is 5.14. The van der Waals surface area contributed by atoms with Crippen LogP contribution in [0.15, 0.2) is 18.2 Å². The first-order valence-corrected chi connectivity index (χ1v) is 6.82. The molecular weight excluding hydrogens is 229 g/mol. The minimum atomic E-state index is -0.117. The first-order valence-electron chi connectivity index (χ1n) is 6.82. The van der Waals surface area contributed by atoms with Crippen molar-refractivity contribution in [2.45, 2.75) is 38.1 Å². The number of hydrogen-bond donors (Lipinski definition) is 1. The number of ether oxygens (including phenoxy) is 1. The van der Waals surface area contributed by atoms with Crippen LogP contribution in [0.5, 0.6) is 0 Å². The van der Waals surface area contributed by atoms with E-state index in [2.05, 4.69) is 5.32 Å². The summed E-state index contributed by atoms with van der Waals surface area (Å²) in [5, 5.41) is 3.57. The molecule has 18 heavy (non-hydrogen) atoms. The second kappa shape index (κ2) is 6.86. The Morgan fingerprint density at radius 2 is 2.22 bits per heavy atom. The molecular formula is C15H22FNO. The van der Waals surface area contributed by atoms with Crippen LogP contribution in [0.1, 0.15) is 42.9 Å². The Balaban J connectivity index is 1.73. The minimum Gasteiger partial charge on any atom is -0.385 e. The summed E-state index contributed by atoms with van der Waals surface area (Å²) in [5.41, 5.74) is 2.46. The highest BCUT2D eigenvalue weighted by molar-refractivity contribution is 5.34. The van der Waals surface area contributed by atoms with E-state index in [9.17, 15) is 4.39 Å². The molecule has 1 N–H and O–H groups in total. The van der Waals surface area contributed by atoms with Crippen molar-refractivity contribution >= 4 is 0 Å². The molecule has 0 spiro atoms. The van der Waals surface area contributed by atoms with Gasteiger partial charge in [-0.05, 0) is 61.9 Å². The predicted octanol–water partition coefficient (Wildman–Crippen LogP) is 3.22. The van der Waals surface area contributed by atoms with Crippen LogP contribution in [0.3, 0.4) is 0 Å². The molecule has 1 aromatic rings. The molecule has 0 aromatic heterocycles. The fourth-order valence-corrected chi connectivity index (χ4v) is 2.62. The molecule has 0 amide bonds. The summed E-state index contributed by atoms with van der Waals surface area (Å²) in [6.45, 7) is 1.89. The molecule has 1 aromatic carbocycles. The quantitative estimate of drug-likeness (QED) is 0.751. The normalized spacial score (nSPS) is 18.0. The Labute approximate surface area is 109 Å². The monoisotopic (exact) mass is 251 g/mol. The second-order valence-corrected chi connectivity index (χ2v) is 4.94. The zero-order valence-corrected chi connectivity index (χ0v) is 11.0. The van der Waals surface area contributed by atoms with Crippen molar-refractivity contribution in [1.82, 2.24) is 5.32 Å². The maximum atomic E-state index is 13.1. The van der Waals surface area contributed by atoms with Crippen molar-refractivity contribution in [3.63, 3.8) is 0 Å². The van der Waals surface area contributed by atoms with E-state index in [1.807, 2.05) is 6.07 Å². The van der Waals surface area contributed by atoms with Crippen molar-refractivity contribution in [1.29, 1.82) is 0 Å². The lowest BCUT2D eigenvalue weighted by Gasteiger charge is -2.13. The Hall–Kier alpha value is -0.930. The fraction of sp³-hybridized carbons (Fsp3) is 0.600. The number of methoxy groups -OCH3 is 1. The number of nitrogens with one attached hydrogen (secondary N) is 1. The van der Waals surface area contributed by atoms with Gasteiger partial charge in [0, 0.05) is 19.8 Å². The molecule has 0 bridgehead atoms. The van der Waals surface area contributed by atoms with Crippen LogP contribution in [0.25, 0.3) is 0 Å². The third-order valence-electron chi connectivity index (χ3n) is 3.60. The predicted molar refractivity (Wildman–Crippen MR) is 71.2 cm³/mol. The largest absolute Gasteiger partial charge is 0.385 e. The maximum Gasteiger partial charge on any atom is 0.123 e. The SMILES string of the molecule is COCCCCCNC1CCc2cc(F)ccc21. The van der Waals surface area contributed by atoms with Crippen molar-refractivity contribution in [3.8, 4) is 0 Å². The lowest BCUT2D eigenvalue weighted by Crippen LogP contribution is -2.20. The van der Waals surface area contributed by atoms with Crippen molar-refractivity contribution in [2.24, 2.45) is 0 Å². The molecule has 1 aliphatic carbocycles. The molecule has 100 valence electrons. The van der Waals surface area contributed by atoms with E-state index in [0.29, 0.717) is 6.04 Å². The van der Waals surface area contributed by atoms with Gasteiger partial charge in [-0.25, -0.2) is 4.39 Å². The third kappa shape index (κ3) is 3.53. The second-order valence-electron chi connectivity index (χ2n) is 4.94. The average molecular weight is 251 g/mol. The highest BCUT2D eigenvalue weighted by Crippen LogP contribution is 2.31. The van der Waals surface area contributed by atoms with Crippen LogP contribution in [-0.2, 0) is 11.2 Å². The van der Waals surface area contributed by atoms with Crippen LogP contribution in [0.2, 0.25) is 0 Å². The highest BCUT2D eigenvalue weighted by Gasteiger charge is 2.21. The third-order valence-corrected chi connectivity index (χ3v) is 3.60. The summed E-state index contributed by atoms with van der Waals surface area (Å²) >= 11 is 0. The molecule has 1 aliphatic rings. The highest BCUT2D eigenvalue weighted by atomic mass is 19.1. The van der Waals surface area contributed by atoms with Gasteiger partial charge >= 0.3 is 0 Å². The Morgan fingerprint density at radius 3 is 3.06 bits per heavy atom. The summed E-state index contributed by atoms with van der Waals surface area (Å²) in [4.78, 5) is 0. The number of aryl methyl sites for hydroxylation is 1. The number of fused-ring (bicyclic) bond motifs is 1. The van der Waals surface area contributed by atoms with Gasteiger partial charge in [0.25, 0.3) is 0 Å². The standard InChI is InChI=1S/C15H22FNO/c1-18-10-4-2-3-9-17-15-8-5-12-11-13(16)6-7-14(12)15/h6-7,11,15,17H,2-5,8-10H2,1H3. The summed E-state index contributed by atoms with van der Waals surface area (Å²) in [6, 6.07) is 5.59. The Bertz CT molecular complexity index is 381. The van der Waals surface area contributed by atoms with Crippen LogP contribution >= 0.6 is 0 Å². The molecule has 3 heteroatoms. The molecule has 0 fully saturated rings. The van der Waals surface area contributed by atoms with Crippen LogP contribution in [0.4, 0.5) is 4.39 Å². The molecule has 0 saturated carbocycles. The van der Waals surface area contributed by atoms with Gasteiger partial charge in [-0.2, -0.15) is 0 Å². The average Bonchev–Trinajstić information content (AvgIpc) is 2.76. The smallest absolute Gasteiger partial charge is 0.123 e. The topological polar surface area (TPSA) is 21.3 Å². The van der Waals surface area contributed by atoms with Crippen molar-refractivity contribution < 1.29 is 9.13 Å². The van der Waals surface area contributed by atoms with Crippen molar-refractivity contribution in [2.75, 3.05) is 20.3 Å². The van der Waals surface area contributed by atoms with E-state index in [1.165, 1.54) is 24.0 Å².